The second kappa shape index (κ2) is 5.06. The number of hydrogen-bond acceptors (Lipinski definition) is 2. The quantitative estimate of drug-likeness (QED) is 0.913. The van der Waals surface area contributed by atoms with Gasteiger partial charge in [-0.05, 0) is 40.8 Å². The zero-order valence-electron chi connectivity index (χ0n) is 10.7. The van der Waals surface area contributed by atoms with Gasteiger partial charge in [0.15, 0.2) is 6.10 Å². The Hall–Kier alpha value is -2.20. The molecule has 0 amide bonds. The number of carbonyl (C=O) groups is 1. The van der Waals surface area contributed by atoms with Crippen molar-refractivity contribution in [2.75, 3.05) is 6.61 Å². The van der Waals surface area contributed by atoms with Gasteiger partial charge < -0.3 is 9.84 Å². The summed E-state index contributed by atoms with van der Waals surface area (Å²) in [6.45, 7) is 0.400. The molecule has 1 aliphatic heterocycles. The van der Waals surface area contributed by atoms with Crippen molar-refractivity contribution >= 4 is 5.97 Å². The minimum atomic E-state index is -0.972. The molecule has 1 heterocycles. The van der Waals surface area contributed by atoms with Crippen LogP contribution < -0.4 is 0 Å². The molecule has 0 bridgehead atoms. The lowest BCUT2D eigenvalue weighted by molar-refractivity contribution is -0.151. The Morgan fingerprint density at radius 3 is 2.55 bits per heavy atom. The lowest BCUT2D eigenvalue weighted by Crippen LogP contribution is -2.23. The molecule has 2 aromatic rings. The van der Waals surface area contributed by atoms with Crippen molar-refractivity contribution in [2.24, 2.45) is 0 Å². The van der Waals surface area contributed by atoms with Crippen LogP contribution in [0, 0.1) is 5.82 Å². The third-order valence-electron chi connectivity index (χ3n) is 3.48. The van der Waals surface area contributed by atoms with Gasteiger partial charge in [-0.15, -0.1) is 0 Å². The van der Waals surface area contributed by atoms with E-state index in [4.69, 9.17) is 9.84 Å². The van der Waals surface area contributed by atoms with Gasteiger partial charge >= 0.3 is 5.97 Å². The third-order valence-corrected chi connectivity index (χ3v) is 3.48. The molecule has 20 heavy (non-hydrogen) atoms. The number of hydrogen-bond donors (Lipinski definition) is 1. The maximum atomic E-state index is 12.9. The van der Waals surface area contributed by atoms with Gasteiger partial charge in [0.25, 0.3) is 0 Å². The Balaban J connectivity index is 2.01. The number of benzene rings is 2. The van der Waals surface area contributed by atoms with Crippen molar-refractivity contribution < 1.29 is 19.0 Å². The summed E-state index contributed by atoms with van der Waals surface area (Å²) >= 11 is 0. The first-order valence-corrected chi connectivity index (χ1v) is 6.38. The second-order valence-electron chi connectivity index (χ2n) is 4.76. The van der Waals surface area contributed by atoms with Crippen molar-refractivity contribution in [2.45, 2.75) is 12.5 Å². The van der Waals surface area contributed by atoms with Crippen LogP contribution in [0.3, 0.4) is 0 Å². The molecule has 0 radical (unpaired) electrons. The minimum Gasteiger partial charge on any atom is -0.479 e. The molecule has 3 rings (SSSR count). The molecular weight excluding hydrogens is 259 g/mol. The Morgan fingerprint density at radius 1 is 1.15 bits per heavy atom. The molecule has 3 nitrogen and oxygen atoms in total. The summed E-state index contributed by atoms with van der Waals surface area (Å²) in [7, 11) is 0. The number of rotatable bonds is 2. The lowest BCUT2D eigenvalue weighted by Gasteiger charge is -2.23. The standard InChI is InChI=1S/C16H13FO3/c17-13-4-1-10(2-5-13)11-3-6-14-12(9-11)7-8-20-15(14)16(18)19/h1-6,9,15H,7-8H2,(H,18,19). The van der Waals surface area contributed by atoms with E-state index in [-0.39, 0.29) is 5.82 Å². The van der Waals surface area contributed by atoms with Crippen LogP contribution >= 0.6 is 0 Å². The Morgan fingerprint density at radius 2 is 1.85 bits per heavy atom. The number of fused-ring (bicyclic) bond motifs is 1. The molecule has 0 spiro atoms. The predicted octanol–water partition coefficient (Wildman–Crippen LogP) is 3.19. The molecule has 4 heteroatoms. The molecule has 0 saturated carbocycles. The van der Waals surface area contributed by atoms with Crippen LogP contribution in [-0.4, -0.2) is 17.7 Å². The van der Waals surface area contributed by atoms with E-state index in [2.05, 4.69) is 0 Å². The fourth-order valence-corrected chi connectivity index (χ4v) is 2.48. The fraction of sp³-hybridized carbons (Fsp3) is 0.188. The van der Waals surface area contributed by atoms with E-state index in [1.807, 2.05) is 12.1 Å². The van der Waals surface area contributed by atoms with Crippen molar-refractivity contribution in [1.82, 2.24) is 0 Å². The highest BCUT2D eigenvalue weighted by Crippen LogP contribution is 2.31. The molecule has 0 fully saturated rings. The third kappa shape index (κ3) is 2.30. The van der Waals surface area contributed by atoms with Crippen LogP contribution in [0.1, 0.15) is 17.2 Å². The SMILES string of the molecule is O=C(O)C1OCCc2cc(-c3ccc(F)cc3)ccc21. The molecule has 0 aliphatic carbocycles. The largest absolute Gasteiger partial charge is 0.479 e. The topological polar surface area (TPSA) is 46.5 Å². The van der Waals surface area contributed by atoms with Crippen LogP contribution in [0.4, 0.5) is 4.39 Å². The van der Waals surface area contributed by atoms with Gasteiger partial charge in [0.2, 0.25) is 0 Å². The molecule has 1 aliphatic rings. The first-order valence-electron chi connectivity index (χ1n) is 6.38. The normalized spacial score (nSPS) is 17.6. The van der Waals surface area contributed by atoms with Crippen LogP contribution in [0.15, 0.2) is 42.5 Å². The summed E-state index contributed by atoms with van der Waals surface area (Å²) in [5.74, 6) is -1.24. The van der Waals surface area contributed by atoms with Gasteiger partial charge in [0.1, 0.15) is 5.82 Å². The van der Waals surface area contributed by atoms with E-state index in [0.717, 1.165) is 16.7 Å². The maximum Gasteiger partial charge on any atom is 0.337 e. The maximum absolute atomic E-state index is 12.9. The first-order chi connectivity index (χ1) is 9.65. The summed E-state index contributed by atoms with van der Waals surface area (Å²) < 4.78 is 18.2. The van der Waals surface area contributed by atoms with E-state index in [0.29, 0.717) is 18.6 Å². The van der Waals surface area contributed by atoms with E-state index >= 15 is 0 Å². The van der Waals surface area contributed by atoms with Gasteiger partial charge in [0.05, 0.1) is 6.61 Å². The molecule has 1 N–H and O–H groups in total. The highest BCUT2D eigenvalue weighted by molar-refractivity contribution is 5.76. The fourth-order valence-electron chi connectivity index (χ4n) is 2.48. The van der Waals surface area contributed by atoms with E-state index in [9.17, 15) is 9.18 Å². The van der Waals surface area contributed by atoms with Gasteiger partial charge in [-0.2, -0.15) is 0 Å². The summed E-state index contributed by atoms with van der Waals surface area (Å²) in [6.07, 6.45) is -0.199. The summed E-state index contributed by atoms with van der Waals surface area (Å²) in [4.78, 5) is 11.1. The summed E-state index contributed by atoms with van der Waals surface area (Å²) in [5.41, 5.74) is 3.54. The zero-order chi connectivity index (χ0) is 14.1. The number of carboxylic acid groups (broad SMARTS) is 1. The van der Waals surface area contributed by atoms with Crippen molar-refractivity contribution in [3.8, 4) is 11.1 Å². The van der Waals surface area contributed by atoms with Gasteiger partial charge in [-0.3, -0.25) is 0 Å². The van der Waals surface area contributed by atoms with E-state index in [1.165, 1.54) is 12.1 Å². The molecule has 2 aromatic carbocycles. The van der Waals surface area contributed by atoms with Crippen molar-refractivity contribution in [3.63, 3.8) is 0 Å². The van der Waals surface area contributed by atoms with E-state index in [1.54, 1.807) is 18.2 Å². The Kier molecular flexibility index (Phi) is 3.24. The van der Waals surface area contributed by atoms with Crippen LogP contribution in [0.5, 0.6) is 0 Å². The first kappa shape index (κ1) is 12.8. The minimum absolute atomic E-state index is 0.272. The predicted molar refractivity (Wildman–Crippen MR) is 71.9 cm³/mol. The number of halogens is 1. The Bertz CT molecular complexity index is 649. The highest BCUT2D eigenvalue weighted by Gasteiger charge is 2.27. The zero-order valence-corrected chi connectivity index (χ0v) is 10.7. The second-order valence-corrected chi connectivity index (χ2v) is 4.76. The van der Waals surface area contributed by atoms with Gasteiger partial charge in [-0.25, -0.2) is 9.18 Å². The summed E-state index contributed by atoms with van der Waals surface area (Å²) in [6, 6.07) is 11.8. The number of ether oxygens (including phenoxy) is 1. The number of carboxylic acids is 1. The van der Waals surface area contributed by atoms with Gasteiger partial charge in [-0.1, -0.05) is 30.3 Å². The average molecular weight is 272 g/mol. The van der Waals surface area contributed by atoms with Crippen molar-refractivity contribution in [3.05, 3.63) is 59.4 Å². The smallest absolute Gasteiger partial charge is 0.337 e. The lowest BCUT2D eigenvalue weighted by atomic mass is 9.93. The van der Waals surface area contributed by atoms with Crippen molar-refractivity contribution in [1.29, 1.82) is 0 Å². The molecule has 0 saturated heterocycles. The molecule has 0 aromatic heterocycles. The van der Waals surface area contributed by atoms with Gasteiger partial charge in [0, 0.05) is 0 Å². The monoisotopic (exact) mass is 272 g/mol. The van der Waals surface area contributed by atoms with Crippen LogP contribution in [-0.2, 0) is 16.0 Å². The Labute approximate surface area is 115 Å². The number of aliphatic carboxylic acids is 1. The molecule has 1 atom stereocenters. The van der Waals surface area contributed by atoms with Crippen LogP contribution in [0.2, 0.25) is 0 Å². The average Bonchev–Trinajstić information content (AvgIpc) is 2.46. The van der Waals surface area contributed by atoms with E-state index < -0.39 is 12.1 Å². The molecule has 1 unspecified atom stereocenters. The van der Waals surface area contributed by atoms with Crippen LogP contribution in [0.25, 0.3) is 11.1 Å². The molecule has 102 valence electrons. The highest BCUT2D eigenvalue weighted by atomic mass is 19.1. The molecular formula is C16H13FO3. The summed E-state index contributed by atoms with van der Waals surface area (Å²) in [5, 5.41) is 9.14.